The summed E-state index contributed by atoms with van der Waals surface area (Å²) in [6.07, 6.45) is 0. The van der Waals surface area contributed by atoms with Gasteiger partial charge in [-0.3, -0.25) is 10.1 Å². The second kappa shape index (κ2) is 7.22. The summed E-state index contributed by atoms with van der Waals surface area (Å²) in [5.41, 5.74) is 5.94. The molecule has 5 nitrogen and oxygen atoms in total. The summed E-state index contributed by atoms with van der Waals surface area (Å²) < 4.78 is 5.04. The van der Waals surface area contributed by atoms with Gasteiger partial charge in [0.15, 0.2) is 0 Å². The number of nitrogens with two attached hydrogens (primary N) is 1. The first-order chi connectivity index (χ1) is 9.82. The number of ether oxygens (including phenoxy) is 1. The quantitative estimate of drug-likeness (QED) is 0.751. The molecule has 0 radical (unpaired) electrons. The third-order valence-electron chi connectivity index (χ3n) is 3.83. The fraction of sp³-hybridized carbons (Fsp3) is 0.500. The second-order valence-electron chi connectivity index (χ2n) is 5.45. The van der Waals surface area contributed by atoms with Gasteiger partial charge in [-0.05, 0) is 31.4 Å². The van der Waals surface area contributed by atoms with Gasteiger partial charge in [-0.1, -0.05) is 32.0 Å². The molecule has 3 N–H and O–H groups in total. The van der Waals surface area contributed by atoms with Crippen LogP contribution in [0.3, 0.4) is 0 Å². The van der Waals surface area contributed by atoms with Crippen molar-refractivity contribution < 1.29 is 14.3 Å². The number of primary amides is 1. The highest BCUT2D eigenvalue weighted by atomic mass is 16.5. The number of hydrogen-bond acceptors (Lipinski definition) is 4. The Bertz CT molecular complexity index is 514. The molecule has 0 spiro atoms. The molecule has 0 aliphatic rings. The zero-order valence-electron chi connectivity index (χ0n) is 13.1. The lowest BCUT2D eigenvalue weighted by Gasteiger charge is -2.31. The van der Waals surface area contributed by atoms with Crippen molar-refractivity contribution in [2.75, 3.05) is 6.61 Å². The molecule has 116 valence electrons. The van der Waals surface area contributed by atoms with Crippen LogP contribution in [0.4, 0.5) is 0 Å². The van der Waals surface area contributed by atoms with E-state index in [1.54, 1.807) is 26.0 Å². The zero-order valence-corrected chi connectivity index (χ0v) is 13.1. The third-order valence-corrected chi connectivity index (χ3v) is 3.83. The van der Waals surface area contributed by atoms with E-state index in [9.17, 15) is 9.59 Å². The summed E-state index contributed by atoms with van der Waals surface area (Å²) in [6, 6.07) is 7.18. The van der Waals surface area contributed by atoms with Crippen molar-refractivity contribution in [2.24, 2.45) is 11.7 Å². The molecule has 0 saturated carbocycles. The predicted molar refractivity (Wildman–Crippen MR) is 81.7 cm³/mol. The van der Waals surface area contributed by atoms with Gasteiger partial charge >= 0.3 is 5.97 Å². The third kappa shape index (κ3) is 4.04. The number of carbonyl (C=O) groups is 2. The molecular formula is C16H24N2O3. The Morgan fingerprint density at radius 3 is 2.48 bits per heavy atom. The first-order valence-corrected chi connectivity index (χ1v) is 7.12. The average Bonchev–Trinajstić information content (AvgIpc) is 2.44. The topological polar surface area (TPSA) is 81.4 Å². The van der Waals surface area contributed by atoms with E-state index >= 15 is 0 Å². The highest BCUT2D eigenvalue weighted by Gasteiger charge is 2.34. The Morgan fingerprint density at radius 1 is 1.33 bits per heavy atom. The van der Waals surface area contributed by atoms with Crippen molar-refractivity contribution in [3.05, 3.63) is 35.4 Å². The Balaban J connectivity index is 2.94. The van der Waals surface area contributed by atoms with Gasteiger partial charge < -0.3 is 10.5 Å². The number of hydrogen-bond donors (Lipinski definition) is 2. The molecule has 5 heteroatoms. The summed E-state index contributed by atoms with van der Waals surface area (Å²) in [5, 5.41) is 3.17. The maximum Gasteiger partial charge on any atom is 0.338 e. The standard InChI is InChI=1S/C16H24N2O3/c1-5-21-14(19)13-9-7-6-8-12(13)10-18-16(4,11(2)3)15(17)20/h6-9,11,18H,5,10H2,1-4H3,(H2,17,20). The molecule has 0 aliphatic heterocycles. The van der Waals surface area contributed by atoms with Crippen molar-refractivity contribution >= 4 is 11.9 Å². The predicted octanol–water partition coefficient (Wildman–Crippen LogP) is 1.85. The largest absolute Gasteiger partial charge is 0.462 e. The van der Waals surface area contributed by atoms with Gasteiger partial charge in [0, 0.05) is 6.54 Å². The first-order valence-electron chi connectivity index (χ1n) is 7.12. The minimum absolute atomic E-state index is 0.0322. The number of nitrogens with one attached hydrogen (secondary N) is 1. The van der Waals surface area contributed by atoms with Crippen molar-refractivity contribution in [1.82, 2.24) is 5.32 Å². The lowest BCUT2D eigenvalue weighted by molar-refractivity contribution is -0.125. The molecular weight excluding hydrogens is 268 g/mol. The number of carbonyl (C=O) groups excluding carboxylic acids is 2. The van der Waals surface area contributed by atoms with Crippen LogP contribution in [0.25, 0.3) is 0 Å². The van der Waals surface area contributed by atoms with Gasteiger partial charge in [0.1, 0.15) is 0 Å². The molecule has 1 rings (SSSR count). The normalized spacial score (nSPS) is 13.8. The number of amides is 1. The molecule has 1 amide bonds. The molecule has 0 bridgehead atoms. The van der Waals surface area contributed by atoms with Crippen molar-refractivity contribution in [2.45, 2.75) is 39.8 Å². The van der Waals surface area contributed by atoms with E-state index < -0.39 is 11.4 Å². The molecule has 1 aromatic rings. The Labute approximate surface area is 125 Å². The molecule has 1 atom stereocenters. The van der Waals surface area contributed by atoms with Crippen LogP contribution in [0.2, 0.25) is 0 Å². The Hall–Kier alpha value is -1.88. The van der Waals surface area contributed by atoms with Gasteiger partial charge in [0.25, 0.3) is 0 Å². The summed E-state index contributed by atoms with van der Waals surface area (Å²) >= 11 is 0. The van der Waals surface area contributed by atoms with Crippen LogP contribution in [0, 0.1) is 5.92 Å². The Morgan fingerprint density at radius 2 is 1.95 bits per heavy atom. The van der Waals surface area contributed by atoms with Crippen LogP contribution in [0.1, 0.15) is 43.6 Å². The number of esters is 1. The van der Waals surface area contributed by atoms with Crippen LogP contribution < -0.4 is 11.1 Å². The molecule has 0 aromatic heterocycles. The van der Waals surface area contributed by atoms with Gasteiger partial charge in [0.05, 0.1) is 17.7 Å². The summed E-state index contributed by atoms with van der Waals surface area (Å²) in [4.78, 5) is 23.6. The fourth-order valence-corrected chi connectivity index (χ4v) is 1.94. The minimum atomic E-state index is -0.832. The fourth-order valence-electron chi connectivity index (χ4n) is 1.94. The van der Waals surface area contributed by atoms with E-state index in [4.69, 9.17) is 10.5 Å². The van der Waals surface area contributed by atoms with Crippen LogP contribution >= 0.6 is 0 Å². The Kier molecular flexibility index (Phi) is 5.90. The van der Waals surface area contributed by atoms with Gasteiger partial charge in [-0.2, -0.15) is 0 Å². The summed E-state index contributed by atoms with van der Waals surface area (Å²) in [6.45, 7) is 8.08. The van der Waals surface area contributed by atoms with E-state index in [-0.39, 0.29) is 11.9 Å². The number of rotatable bonds is 7. The highest BCUT2D eigenvalue weighted by Crippen LogP contribution is 2.18. The maximum atomic E-state index is 11.9. The van der Waals surface area contributed by atoms with Gasteiger partial charge in [0.2, 0.25) is 5.91 Å². The maximum absolute atomic E-state index is 11.9. The minimum Gasteiger partial charge on any atom is -0.462 e. The summed E-state index contributed by atoms with van der Waals surface area (Å²) in [5.74, 6) is -0.740. The monoisotopic (exact) mass is 292 g/mol. The molecule has 0 aliphatic carbocycles. The second-order valence-corrected chi connectivity index (χ2v) is 5.45. The smallest absolute Gasteiger partial charge is 0.338 e. The van der Waals surface area contributed by atoms with E-state index in [0.29, 0.717) is 18.7 Å². The molecule has 0 fully saturated rings. The average molecular weight is 292 g/mol. The molecule has 1 unspecified atom stereocenters. The SMILES string of the molecule is CCOC(=O)c1ccccc1CNC(C)(C(N)=O)C(C)C. The lowest BCUT2D eigenvalue weighted by atomic mass is 9.87. The number of benzene rings is 1. The molecule has 21 heavy (non-hydrogen) atoms. The van der Waals surface area contributed by atoms with Crippen molar-refractivity contribution in [1.29, 1.82) is 0 Å². The van der Waals surface area contributed by atoms with Gasteiger partial charge in [-0.15, -0.1) is 0 Å². The molecule has 0 heterocycles. The van der Waals surface area contributed by atoms with Gasteiger partial charge in [-0.25, -0.2) is 4.79 Å². The van der Waals surface area contributed by atoms with Crippen molar-refractivity contribution in [3.8, 4) is 0 Å². The van der Waals surface area contributed by atoms with Crippen LogP contribution in [-0.2, 0) is 16.1 Å². The van der Waals surface area contributed by atoms with E-state index in [1.165, 1.54) is 0 Å². The highest BCUT2D eigenvalue weighted by molar-refractivity contribution is 5.91. The molecule has 0 saturated heterocycles. The van der Waals surface area contributed by atoms with E-state index in [0.717, 1.165) is 5.56 Å². The summed E-state index contributed by atoms with van der Waals surface area (Å²) in [7, 11) is 0. The van der Waals surface area contributed by atoms with Crippen LogP contribution in [-0.4, -0.2) is 24.0 Å². The van der Waals surface area contributed by atoms with E-state index in [2.05, 4.69) is 5.32 Å². The van der Waals surface area contributed by atoms with Crippen LogP contribution in [0.5, 0.6) is 0 Å². The zero-order chi connectivity index (χ0) is 16.0. The molecule has 1 aromatic carbocycles. The first kappa shape index (κ1) is 17.2. The lowest BCUT2D eigenvalue weighted by Crippen LogP contribution is -2.56. The van der Waals surface area contributed by atoms with Crippen molar-refractivity contribution in [3.63, 3.8) is 0 Å². The van der Waals surface area contributed by atoms with Crippen LogP contribution in [0.15, 0.2) is 24.3 Å². The van der Waals surface area contributed by atoms with E-state index in [1.807, 2.05) is 26.0 Å².